The minimum Gasteiger partial charge on any atom is -0.508 e. The van der Waals surface area contributed by atoms with Gasteiger partial charge >= 0.3 is 12.1 Å². The molecule has 1 saturated carbocycles. The van der Waals surface area contributed by atoms with Crippen LogP contribution in [0.15, 0.2) is 134 Å². The van der Waals surface area contributed by atoms with Crippen LogP contribution in [0.25, 0.3) is 21.8 Å². The molecule has 2 aliphatic rings. The lowest BCUT2D eigenvalue weighted by atomic mass is 10.00. The van der Waals surface area contributed by atoms with Crippen molar-refractivity contribution in [3.05, 3.63) is 167 Å². The van der Waals surface area contributed by atoms with Gasteiger partial charge < -0.3 is 93.2 Å². The molecule has 0 spiro atoms. The number of carbonyl (C=O) groups excluding carboxylic acids is 10. The summed E-state index contributed by atoms with van der Waals surface area (Å²) >= 11 is 1.10. The first-order chi connectivity index (χ1) is 52.3. The number of fused-ring (bicyclic) bond motifs is 2. The van der Waals surface area contributed by atoms with Crippen LogP contribution >= 0.6 is 11.8 Å². The van der Waals surface area contributed by atoms with Crippen molar-refractivity contribution >= 4 is 98.6 Å². The van der Waals surface area contributed by atoms with E-state index < -0.39 is 157 Å². The van der Waals surface area contributed by atoms with Gasteiger partial charge in [-0.05, 0) is 108 Å². The van der Waals surface area contributed by atoms with Crippen molar-refractivity contribution in [3.63, 3.8) is 0 Å². The number of phenols is 2. The summed E-state index contributed by atoms with van der Waals surface area (Å²) in [5.74, 6) is -7.40. The number of aromatic hydroxyl groups is 2. The van der Waals surface area contributed by atoms with Crippen molar-refractivity contribution in [1.82, 2.24) is 56.2 Å². The number of nitrogens with two attached hydrogens (primary N) is 2. The van der Waals surface area contributed by atoms with Crippen molar-refractivity contribution in [2.45, 2.75) is 124 Å². The van der Waals surface area contributed by atoms with E-state index in [4.69, 9.17) is 21.4 Å². The van der Waals surface area contributed by atoms with Crippen LogP contribution in [-0.4, -0.2) is 240 Å². The number of carboxylic acids is 1. The van der Waals surface area contributed by atoms with E-state index in [1.807, 2.05) is 6.07 Å². The van der Waals surface area contributed by atoms with E-state index in [0.717, 1.165) is 36.9 Å². The number of thioether (sulfide) groups is 1. The van der Waals surface area contributed by atoms with Crippen LogP contribution in [-0.2, 0) is 84.8 Å². The molecule has 3 heterocycles. The third-order valence-corrected chi connectivity index (χ3v) is 19.9. The zero-order valence-electron chi connectivity index (χ0n) is 60.3. The Labute approximate surface area is 633 Å². The summed E-state index contributed by atoms with van der Waals surface area (Å²) in [5.41, 5.74) is 16.2. The number of aliphatic carboxylic acids is 1. The number of aromatic nitrogens is 2. The molecule has 1 fully saturated rings. The number of H-pyrrole nitrogens is 2. The van der Waals surface area contributed by atoms with Crippen LogP contribution < -0.4 is 38.1 Å². The van der Waals surface area contributed by atoms with Gasteiger partial charge in [-0.3, -0.25) is 47.9 Å². The average Bonchev–Trinajstić information content (AvgIpc) is 1.52. The molecule has 2 aromatic heterocycles. The minimum absolute atomic E-state index is 0.0204. The number of hydrogen-bond acceptors (Lipinski definition) is 17. The minimum atomic E-state index is -5.08. The Morgan fingerprint density at radius 2 is 1.15 bits per heavy atom. The summed E-state index contributed by atoms with van der Waals surface area (Å²) in [6.07, 6.45) is -2.08. The number of amides is 10. The molecule has 110 heavy (non-hydrogen) atoms. The number of likely N-dealkylation sites (N-methyl/N-ethyl adjacent to an activating group) is 4. The predicted molar refractivity (Wildman–Crippen MR) is 396 cm³/mol. The van der Waals surface area contributed by atoms with Gasteiger partial charge in [0.05, 0.1) is 25.0 Å². The van der Waals surface area contributed by atoms with Gasteiger partial charge in [0.15, 0.2) is 0 Å². The summed E-state index contributed by atoms with van der Waals surface area (Å²) in [6, 6.07) is 16.4. The molecule has 7 aromatic rings. The maximum atomic E-state index is 15.5. The molecule has 34 heteroatoms. The molecule has 9 rings (SSSR count). The number of phenolic OH excluding ortho intramolecular Hbond substituents is 2. The molecule has 1 aliphatic heterocycles. The third-order valence-electron chi connectivity index (χ3n) is 19.0. The highest BCUT2D eigenvalue weighted by atomic mass is 32.2. The number of nitrogens with one attached hydrogen (secondary N) is 7. The Bertz CT molecular complexity index is 4520. The summed E-state index contributed by atoms with van der Waals surface area (Å²) in [6.45, 7) is -2.07. The Kier molecular flexibility index (Phi) is 29.4. The highest BCUT2D eigenvalue weighted by Gasteiger charge is 2.45. The van der Waals surface area contributed by atoms with E-state index in [1.54, 1.807) is 67.0 Å². The van der Waals surface area contributed by atoms with Crippen molar-refractivity contribution in [1.29, 1.82) is 0 Å². The lowest BCUT2D eigenvalue weighted by molar-refractivity contribution is -0.192. The maximum absolute atomic E-state index is 15.5. The number of alkyl halides is 3. The Morgan fingerprint density at radius 1 is 0.609 bits per heavy atom. The predicted octanol–water partition coefficient (Wildman–Crippen LogP) is 1.82. The molecule has 586 valence electrons. The number of aryl methyl sites for hydroxylation is 1. The van der Waals surface area contributed by atoms with Crippen LogP contribution in [0.1, 0.15) is 53.5 Å². The second-order valence-electron chi connectivity index (χ2n) is 26.7. The number of primary amides is 1. The van der Waals surface area contributed by atoms with Crippen molar-refractivity contribution < 1.29 is 95.8 Å². The fourth-order valence-electron chi connectivity index (χ4n) is 12.4. The summed E-state index contributed by atoms with van der Waals surface area (Å²) in [7, 11) is 5.16. The van der Waals surface area contributed by atoms with Crippen molar-refractivity contribution in [2.75, 3.05) is 52.9 Å². The first kappa shape index (κ1) is 84.1. The van der Waals surface area contributed by atoms with Gasteiger partial charge in [0, 0.05) is 100 Å². The van der Waals surface area contributed by atoms with E-state index >= 15 is 28.8 Å². The number of rotatable bonds is 17. The fourth-order valence-corrected chi connectivity index (χ4v) is 13.4. The lowest BCUT2D eigenvalue weighted by Crippen LogP contribution is -2.62. The molecule has 1 aliphatic carbocycles. The molecule has 10 atom stereocenters. The number of carbonyl (C=O) groups is 11. The molecule has 16 N–H and O–H groups in total. The molecule has 0 saturated heterocycles. The number of hydrogen-bond donors (Lipinski definition) is 14. The topological polar surface area (TPSA) is 446 Å². The van der Waals surface area contributed by atoms with Crippen molar-refractivity contribution in [3.8, 4) is 23.3 Å². The lowest BCUT2D eigenvalue weighted by Gasteiger charge is -2.36. The first-order valence-electron chi connectivity index (χ1n) is 34.9. The number of para-hydroxylation sites is 1. The number of carboxylic acid groups (broad SMARTS) is 1. The SMILES string of the molecule is CN1C(=O)[C@H](CO)NC(=O)[C@H](Cc2ccc(O)cc2)NC(=O)[C@@H](N)CC#CCSC[C@@H](C(=O)N(C)[C@@H](Cc2ccc(F)cc2)C(N)=O)N(C)C(=O)[C@H](C2CC2)NC(=O)[C@H](Cc2c[nH]c3ccccc23)NC(=O)[C@H](Cc2c[nH]c3ccc(O)cc23)NC(=O)[C@H](CO)N(C)C(=O)[C@@H]1CCc1ccccc1.O=C(O)C(F)(F)F. The quantitative estimate of drug-likeness (QED) is 0.0457. The van der Waals surface area contributed by atoms with Gasteiger partial charge in [-0.2, -0.15) is 13.2 Å². The number of aliphatic hydroxyl groups excluding tert-OH is 2. The highest BCUT2D eigenvalue weighted by molar-refractivity contribution is 7.99. The number of aromatic amines is 2. The van der Waals surface area contributed by atoms with E-state index in [1.165, 1.54) is 88.9 Å². The largest absolute Gasteiger partial charge is 0.508 e. The standard InChI is InChI=1S/C74H86FN13O14S.C2HF3O2/c1-85-60(30-21-42-12-6-5-7-13-42)72(100)87(3)62(40-90)70(98)82-57(35-47-38-79-55-29-28-50(92)36-52(47)55)68(96)81-58(34-46-37-78-54-16-9-8-14-51(46)54)69(97)84-64(45-22-23-45)74(102)88(4)63(73(101)86(2)61(65(77)93)33-44-17-24-48(75)25-18-44)41-103-31-11-10-15-53(76)66(94)80-56(32-43-19-26-49(91)27-20-43)67(95)83-59(39-89)71(85)99;3-2(4,5)1(6)7/h5-9,12-14,16-20,24-29,36-38,45,53,56-64,78-79,89-92H,15,21-23,30-35,39-41,76H2,1-4H3,(H2,77,93)(H,80,94)(H,81,96)(H,82,98)(H,83,95)(H,84,97);(H,6,7)/t53-,56-,57-,58-,59-,60-,61-,62-,63-,64-;/m0./s1. The third kappa shape index (κ3) is 22.5. The number of benzene rings is 5. The second kappa shape index (κ2) is 38.5. The Balaban J connectivity index is 0.00000207. The van der Waals surface area contributed by atoms with Crippen LogP contribution in [0.5, 0.6) is 11.5 Å². The number of nitrogens with zero attached hydrogens (tertiary/aromatic N) is 4. The Morgan fingerprint density at radius 3 is 1.75 bits per heavy atom. The van der Waals surface area contributed by atoms with Gasteiger partial charge in [-0.15, -0.1) is 17.7 Å². The fraction of sp³-hybridized carbons (Fsp3) is 0.382. The second-order valence-corrected chi connectivity index (χ2v) is 27.7. The molecule has 29 nitrogen and oxygen atoms in total. The average molecular weight is 1550 g/mol. The van der Waals surface area contributed by atoms with E-state index in [9.17, 15) is 57.2 Å². The summed E-state index contributed by atoms with van der Waals surface area (Å²) < 4.78 is 45.8. The summed E-state index contributed by atoms with van der Waals surface area (Å²) in [4.78, 5) is 167. The van der Waals surface area contributed by atoms with E-state index in [-0.39, 0.29) is 68.0 Å². The van der Waals surface area contributed by atoms with Gasteiger partial charge in [-0.25, -0.2) is 9.18 Å². The monoisotopic (exact) mass is 1550 g/mol. The van der Waals surface area contributed by atoms with Gasteiger partial charge in [-0.1, -0.05) is 78.7 Å². The molecule has 10 amide bonds. The first-order valence-corrected chi connectivity index (χ1v) is 36.0. The van der Waals surface area contributed by atoms with Gasteiger partial charge in [0.1, 0.15) is 71.7 Å². The molecule has 0 radical (unpaired) electrons. The molecular weight excluding hydrogens is 1460 g/mol. The molecule has 0 bridgehead atoms. The van der Waals surface area contributed by atoms with E-state index in [0.29, 0.717) is 56.9 Å². The van der Waals surface area contributed by atoms with Crippen molar-refractivity contribution in [2.24, 2.45) is 17.4 Å². The molecular formula is C76H87F4N13O16S. The van der Waals surface area contributed by atoms with Crippen LogP contribution in [0, 0.1) is 23.6 Å². The maximum Gasteiger partial charge on any atom is 0.490 e. The molecule has 0 unspecified atom stereocenters. The molecule has 5 aromatic carbocycles. The zero-order valence-corrected chi connectivity index (χ0v) is 61.2. The Hall–Kier alpha value is -11.5. The van der Waals surface area contributed by atoms with E-state index in [2.05, 4.69) is 48.4 Å². The highest BCUT2D eigenvalue weighted by Crippen LogP contribution is 2.35. The van der Waals surface area contributed by atoms with Crippen LogP contribution in [0.2, 0.25) is 0 Å². The van der Waals surface area contributed by atoms with Gasteiger partial charge in [0.2, 0.25) is 59.1 Å². The zero-order chi connectivity index (χ0) is 80.3. The normalized spacial score (nSPS) is 21.8. The van der Waals surface area contributed by atoms with Crippen LogP contribution in [0.3, 0.4) is 0 Å². The number of halogens is 4. The smallest absolute Gasteiger partial charge is 0.490 e. The van der Waals surface area contributed by atoms with Gasteiger partial charge in [0.25, 0.3) is 0 Å². The summed E-state index contributed by atoms with van der Waals surface area (Å²) in [5, 5.41) is 64.7. The number of aliphatic hydroxyl groups is 2. The van der Waals surface area contributed by atoms with Crippen LogP contribution in [0.4, 0.5) is 17.6 Å².